The molecule has 252 valence electrons. The number of urea groups is 1. The van der Waals surface area contributed by atoms with Gasteiger partial charge >= 0.3 is 6.03 Å². The van der Waals surface area contributed by atoms with Gasteiger partial charge in [0.25, 0.3) is 5.91 Å². The molecule has 3 amide bonds. The number of sulfonamides is 1. The number of aromatic nitrogens is 1. The van der Waals surface area contributed by atoms with Crippen LogP contribution in [0.5, 0.6) is 17.2 Å². The number of aliphatic hydroxyl groups excluding tert-OH is 1. The topological polar surface area (TPSA) is 160 Å². The zero-order chi connectivity index (χ0) is 34.0. The molecule has 2 aliphatic rings. The molecule has 0 fully saturated rings. The van der Waals surface area contributed by atoms with Crippen LogP contribution < -0.4 is 24.8 Å². The molecular weight excluding hydrogens is 638 g/mol. The van der Waals surface area contributed by atoms with Gasteiger partial charge in [-0.25, -0.2) is 18.2 Å². The van der Waals surface area contributed by atoms with E-state index < -0.39 is 40.0 Å². The SMILES string of the molecule is C[C@@H]1CN([C@@H](C)CO)C(=O)c2cccc(NC(=O)Nc3nccc4ccccc34)c2O[C@H]1CN(C)S(=O)(=O)c1ccc2c(c1)OCCO2. The third kappa shape index (κ3) is 6.59. The fraction of sp³-hybridized carbons (Fsp3) is 0.324. The monoisotopic (exact) mass is 675 g/mol. The highest BCUT2D eigenvalue weighted by Gasteiger charge is 2.36. The number of hydrogen-bond donors (Lipinski definition) is 3. The molecule has 14 heteroatoms. The average Bonchev–Trinajstić information content (AvgIpc) is 3.09. The summed E-state index contributed by atoms with van der Waals surface area (Å²) in [5.41, 5.74) is 0.359. The summed E-state index contributed by atoms with van der Waals surface area (Å²) in [5.74, 6) is 0.464. The normalized spacial score (nSPS) is 18.4. The minimum atomic E-state index is -4.01. The summed E-state index contributed by atoms with van der Waals surface area (Å²) in [6.07, 6.45) is 0.823. The van der Waals surface area contributed by atoms with Gasteiger partial charge in [0.15, 0.2) is 17.2 Å². The molecule has 0 saturated heterocycles. The van der Waals surface area contributed by atoms with E-state index in [1.807, 2.05) is 37.3 Å². The summed E-state index contributed by atoms with van der Waals surface area (Å²) in [7, 11) is -2.56. The first kappa shape index (κ1) is 33.0. The number of carbonyl (C=O) groups is 2. The Kier molecular flexibility index (Phi) is 9.40. The van der Waals surface area contributed by atoms with Crippen molar-refractivity contribution in [1.82, 2.24) is 14.2 Å². The Hall–Kier alpha value is -4.92. The zero-order valence-electron chi connectivity index (χ0n) is 26.8. The third-order valence-corrected chi connectivity index (χ3v) is 10.3. The Labute approximate surface area is 278 Å². The largest absolute Gasteiger partial charge is 0.486 e. The van der Waals surface area contributed by atoms with Gasteiger partial charge in [-0.15, -0.1) is 0 Å². The molecule has 2 aliphatic heterocycles. The van der Waals surface area contributed by atoms with Gasteiger partial charge < -0.3 is 29.5 Å². The van der Waals surface area contributed by atoms with Gasteiger partial charge in [-0.1, -0.05) is 37.3 Å². The Balaban J connectivity index is 1.31. The first-order valence-electron chi connectivity index (χ1n) is 15.6. The maximum atomic E-state index is 13.9. The number of nitrogens with zero attached hydrogens (tertiary/aromatic N) is 3. The summed E-state index contributed by atoms with van der Waals surface area (Å²) < 4.78 is 46.3. The van der Waals surface area contributed by atoms with E-state index in [4.69, 9.17) is 14.2 Å². The number of pyridine rings is 1. The van der Waals surface area contributed by atoms with Crippen LogP contribution in [0, 0.1) is 5.92 Å². The number of ether oxygens (including phenoxy) is 3. The zero-order valence-corrected chi connectivity index (χ0v) is 27.6. The van der Waals surface area contributed by atoms with Crippen molar-refractivity contribution in [3.63, 3.8) is 0 Å². The maximum absolute atomic E-state index is 13.9. The predicted octanol–water partition coefficient (Wildman–Crippen LogP) is 4.19. The van der Waals surface area contributed by atoms with Gasteiger partial charge in [-0.2, -0.15) is 4.31 Å². The van der Waals surface area contributed by atoms with Gasteiger partial charge in [0.1, 0.15) is 25.1 Å². The van der Waals surface area contributed by atoms with E-state index in [9.17, 15) is 23.1 Å². The molecule has 48 heavy (non-hydrogen) atoms. The molecule has 0 unspecified atom stereocenters. The molecule has 1 aromatic heterocycles. The molecule has 0 bridgehead atoms. The van der Waals surface area contributed by atoms with Crippen molar-refractivity contribution in [2.24, 2.45) is 5.92 Å². The summed E-state index contributed by atoms with van der Waals surface area (Å²) in [6.45, 7) is 4.08. The molecule has 4 aromatic rings. The Morgan fingerprint density at radius 1 is 1.06 bits per heavy atom. The molecule has 0 radical (unpaired) electrons. The van der Waals surface area contributed by atoms with E-state index in [0.29, 0.717) is 30.5 Å². The molecule has 3 N–H and O–H groups in total. The average molecular weight is 676 g/mol. The summed E-state index contributed by atoms with van der Waals surface area (Å²) >= 11 is 0. The lowest BCUT2D eigenvalue weighted by Gasteiger charge is -2.38. The number of rotatable bonds is 8. The minimum Gasteiger partial charge on any atom is -0.486 e. The van der Waals surface area contributed by atoms with Crippen LogP contribution in [0.4, 0.5) is 16.3 Å². The van der Waals surface area contributed by atoms with Gasteiger partial charge in [-0.05, 0) is 42.6 Å². The maximum Gasteiger partial charge on any atom is 0.324 e. The first-order valence-corrected chi connectivity index (χ1v) is 17.0. The summed E-state index contributed by atoms with van der Waals surface area (Å²) in [5, 5.41) is 17.2. The van der Waals surface area contributed by atoms with Crippen LogP contribution in [0.15, 0.2) is 77.8 Å². The van der Waals surface area contributed by atoms with Crippen molar-refractivity contribution in [2.75, 3.05) is 50.6 Å². The van der Waals surface area contributed by atoms with Crippen molar-refractivity contribution < 1.29 is 37.3 Å². The van der Waals surface area contributed by atoms with Crippen LogP contribution in [0.2, 0.25) is 0 Å². The Morgan fingerprint density at radius 2 is 1.83 bits per heavy atom. The molecule has 0 spiro atoms. The van der Waals surface area contributed by atoms with Crippen LogP contribution in [0.1, 0.15) is 24.2 Å². The van der Waals surface area contributed by atoms with E-state index in [-0.39, 0.29) is 41.6 Å². The second kappa shape index (κ2) is 13.7. The van der Waals surface area contributed by atoms with E-state index in [1.165, 1.54) is 28.4 Å². The van der Waals surface area contributed by atoms with Crippen LogP contribution in [0.25, 0.3) is 10.8 Å². The molecule has 3 atom stereocenters. The number of carbonyl (C=O) groups excluding carboxylic acids is 2. The molecule has 3 aromatic carbocycles. The number of likely N-dealkylation sites (N-methyl/N-ethyl adjacent to an activating group) is 1. The smallest absolute Gasteiger partial charge is 0.324 e. The Morgan fingerprint density at radius 3 is 2.62 bits per heavy atom. The molecular formula is C34H37N5O8S. The van der Waals surface area contributed by atoms with Crippen LogP contribution in [-0.4, -0.2) is 91.8 Å². The van der Waals surface area contributed by atoms with E-state index >= 15 is 0 Å². The fourth-order valence-electron chi connectivity index (χ4n) is 5.76. The second-order valence-corrected chi connectivity index (χ2v) is 13.9. The van der Waals surface area contributed by atoms with Crippen molar-refractivity contribution in [3.05, 3.63) is 78.5 Å². The van der Waals surface area contributed by atoms with Crippen molar-refractivity contribution in [1.29, 1.82) is 0 Å². The third-order valence-electron chi connectivity index (χ3n) is 8.50. The summed E-state index contributed by atoms with van der Waals surface area (Å²) in [4.78, 5) is 33.1. The van der Waals surface area contributed by atoms with Crippen LogP contribution >= 0.6 is 0 Å². The van der Waals surface area contributed by atoms with Gasteiger partial charge in [0, 0.05) is 37.2 Å². The first-order chi connectivity index (χ1) is 23.1. The number of hydrogen-bond acceptors (Lipinski definition) is 9. The predicted molar refractivity (Wildman–Crippen MR) is 179 cm³/mol. The molecule has 0 saturated carbocycles. The minimum absolute atomic E-state index is 0.0277. The number of aliphatic hydroxyl groups is 1. The molecule has 0 aliphatic carbocycles. The van der Waals surface area contributed by atoms with E-state index in [1.54, 1.807) is 37.4 Å². The number of amides is 3. The highest BCUT2D eigenvalue weighted by molar-refractivity contribution is 7.89. The van der Waals surface area contributed by atoms with Crippen LogP contribution in [-0.2, 0) is 10.0 Å². The van der Waals surface area contributed by atoms with Gasteiger partial charge in [-0.3, -0.25) is 10.1 Å². The molecule has 6 rings (SSSR count). The van der Waals surface area contributed by atoms with Gasteiger partial charge in [0.2, 0.25) is 10.0 Å². The second-order valence-electron chi connectivity index (χ2n) is 11.9. The molecule has 3 heterocycles. The lowest BCUT2D eigenvalue weighted by molar-refractivity contribution is 0.0389. The van der Waals surface area contributed by atoms with E-state index in [0.717, 1.165) is 10.8 Å². The van der Waals surface area contributed by atoms with Crippen molar-refractivity contribution >= 4 is 44.2 Å². The highest BCUT2D eigenvalue weighted by atomic mass is 32.2. The molecule has 13 nitrogen and oxygen atoms in total. The fourth-order valence-corrected chi connectivity index (χ4v) is 6.95. The van der Waals surface area contributed by atoms with Crippen molar-refractivity contribution in [3.8, 4) is 17.2 Å². The van der Waals surface area contributed by atoms with Crippen molar-refractivity contribution in [2.45, 2.75) is 30.9 Å². The van der Waals surface area contributed by atoms with Crippen LogP contribution in [0.3, 0.4) is 0 Å². The number of anilines is 2. The quantitative estimate of drug-likeness (QED) is 0.249. The lowest BCUT2D eigenvalue weighted by Crippen LogP contribution is -2.50. The standard InChI is InChI=1S/C34H37N5O8S/c1-21-18-39(22(2)20-40)33(41)26-9-6-10-27(36-34(42)37-32-25-8-5-4-7-23(25)13-14-35-32)31(26)47-30(21)19-38(3)48(43,44)24-11-12-28-29(17-24)46-16-15-45-28/h4-14,17,21-22,30,40H,15-16,18-20H2,1-3H3,(H2,35,36,37,42)/t21-,22+,30+/m1/s1. The number of fused-ring (bicyclic) bond motifs is 3. The number of benzene rings is 3. The van der Waals surface area contributed by atoms with Gasteiger partial charge in [0.05, 0.1) is 35.3 Å². The summed E-state index contributed by atoms with van der Waals surface area (Å²) in [6, 6.07) is 17.4. The number of nitrogens with one attached hydrogen (secondary N) is 2. The number of para-hydroxylation sites is 1. The lowest BCUT2D eigenvalue weighted by atomic mass is 9.99. The Bertz CT molecular complexity index is 1950. The highest BCUT2D eigenvalue weighted by Crippen LogP contribution is 2.36. The van der Waals surface area contributed by atoms with E-state index in [2.05, 4.69) is 15.6 Å².